The van der Waals surface area contributed by atoms with E-state index in [1.165, 1.54) is 6.07 Å². The van der Waals surface area contributed by atoms with Gasteiger partial charge in [0.15, 0.2) is 0 Å². The molecule has 1 fully saturated rings. The van der Waals surface area contributed by atoms with Crippen molar-refractivity contribution in [1.29, 1.82) is 0 Å². The van der Waals surface area contributed by atoms with Crippen LogP contribution >= 0.6 is 0 Å². The van der Waals surface area contributed by atoms with E-state index < -0.39 is 18.1 Å². The molecule has 1 aromatic carbocycles. The standard InChI is InChI=1S/C12H14FNO3/c13-10-4-2-1-3-8(10)7-17-12(16)11-5-9(15)6-14-11/h1-4,9,11,14-15H,5-7H2/t9?,11-/m0/s1. The molecule has 0 spiro atoms. The summed E-state index contributed by atoms with van der Waals surface area (Å²) in [4.78, 5) is 11.6. The fourth-order valence-corrected chi connectivity index (χ4v) is 1.76. The van der Waals surface area contributed by atoms with Gasteiger partial charge in [0.05, 0.1) is 6.10 Å². The Bertz CT molecular complexity index is 410. The third kappa shape index (κ3) is 3.01. The van der Waals surface area contributed by atoms with E-state index in [0.717, 1.165) is 0 Å². The minimum absolute atomic E-state index is 0.0835. The minimum atomic E-state index is -0.513. The van der Waals surface area contributed by atoms with E-state index in [1.54, 1.807) is 18.2 Å². The predicted octanol–water partition coefficient (Wildman–Crippen LogP) is 0.592. The van der Waals surface area contributed by atoms with Gasteiger partial charge in [0.25, 0.3) is 0 Å². The summed E-state index contributed by atoms with van der Waals surface area (Å²) in [6, 6.07) is 5.66. The fraction of sp³-hybridized carbons (Fsp3) is 0.417. The van der Waals surface area contributed by atoms with E-state index in [0.29, 0.717) is 18.5 Å². The molecule has 2 atom stereocenters. The summed E-state index contributed by atoms with van der Waals surface area (Å²) >= 11 is 0. The van der Waals surface area contributed by atoms with E-state index in [2.05, 4.69) is 5.32 Å². The van der Waals surface area contributed by atoms with Crippen LogP contribution in [0.15, 0.2) is 24.3 Å². The molecular weight excluding hydrogens is 225 g/mol. The van der Waals surface area contributed by atoms with Crippen molar-refractivity contribution in [2.45, 2.75) is 25.2 Å². The molecular formula is C12H14FNO3. The van der Waals surface area contributed by atoms with Crippen molar-refractivity contribution in [2.24, 2.45) is 0 Å². The van der Waals surface area contributed by atoms with Crippen LogP contribution in [0.2, 0.25) is 0 Å². The largest absolute Gasteiger partial charge is 0.460 e. The van der Waals surface area contributed by atoms with Crippen LogP contribution in [0.1, 0.15) is 12.0 Å². The summed E-state index contributed by atoms with van der Waals surface area (Å²) in [6.45, 7) is 0.305. The molecule has 0 radical (unpaired) electrons. The third-order valence-electron chi connectivity index (χ3n) is 2.72. The molecule has 2 rings (SSSR count). The summed E-state index contributed by atoms with van der Waals surface area (Å²) < 4.78 is 18.2. The first kappa shape index (κ1) is 12.0. The summed E-state index contributed by atoms with van der Waals surface area (Å²) in [6.07, 6.45) is -0.170. The Morgan fingerprint density at radius 1 is 1.53 bits per heavy atom. The number of carbonyl (C=O) groups is 1. The van der Waals surface area contributed by atoms with Crippen molar-refractivity contribution in [1.82, 2.24) is 5.32 Å². The molecule has 17 heavy (non-hydrogen) atoms. The molecule has 4 nitrogen and oxygen atoms in total. The highest BCUT2D eigenvalue weighted by Crippen LogP contribution is 2.11. The normalized spacial score (nSPS) is 23.6. The average Bonchev–Trinajstić information content (AvgIpc) is 2.74. The van der Waals surface area contributed by atoms with E-state index in [4.69, 9.17) is 4.74 Å². The smallest absolute Gasteiger partial charge is 0.323 e. The highest BCUT2D eigenvalue weighted by molar-refractivity contribution is 5.76. The van der Waals surface area contributed by atoms with Gasteiger partial charge in [-0.3, -0.25) is 4.79 Å². The number of carbonyl (C=O) groups excluding carboxylic acids is 1. The molecule has 0 bridgehead atoms. The van der Waals surface area contributed by atoms with Crippen molar-refractivity contribution in [3.8, 4) is 0 Å². The quantitative estimate of drug-likeness (QED) is 0.758. The molecule has 0 saturated carbocycles. The molecule has 1 aromatic rings. The van der Waals surface area contributed by atoms with Crippen LogP contribution in [0.5, 0.6) is 0 Å². The van der Waals surface area contributed by atoms with E-state index >= 15 is 0 Å². The Balaban J connectivity index is 1.86. The van der Waals surface area contributed by atoms with Crippen LogP contribution in [-0.4, -0.2) is 29.8 Å². The van der Waals surface area contributed by atoms with Crippen LogP contribution in [0.4, 0.5) is 4.39 Å². The molecule has 1 heterocycles. The maximum absolute atomic E-state index is 13.2. The van der Waals surface area contributed by atoms with E-state index in [9.17, 15) is 14.3 Å². The van der Waals surface area contributed by atoms with Gasteiger partial charge < -0.3 is 15.2 Å². The molecule has 0 aromatic heterocycles. The Labute approximate surface area is 98.4 Å². The first-order valence-corrected chi connectivity index (χ1v) is 5.48. The maximum Gasteiger partial charge on any atom is 0.323 e. The first-order valence-electron chi connectivity index (χ1n) is 5.48. The lowest BCUT2D eigenvalue weighted by Gasteiger charge is -2.10. The average molecular weight is 239 g/mol. The highest BCUT2D eigenvalue weighted by atomic mass is 19.1. The van der Waals surface area contributed by atoms with Crippen LogP contribution in [0.3, 0.4) is 0 Å². The molecule has 0 amide bonds. The van der Waals surface area contributed by atoms with Crippen LogP contribution in [0, 0.1) is 5.82 Å². The molecule has 5 heteroatoms. The second-order valence-electron chi connectivity index (χ2n) is 4.05. The number of aliphatic hydroxyl groups is 1. The lowest BCUT2D eigenvalue weighted by atomic mass is 10.2. The van der Waals surface area contributed by atoms with Gasteiger partial charge in [-0.15, -0.1) is 0 Å². The fourth-order valence-electron chi connectivity index (χ4n) is 1.76. The highest BCUT2D eigenvalue weighted by Gasteiger charge is 2.29. The number of halogens is 1. The van der Waals surface area contributed by atoms with Gasteiger partial charge in [-0.25, -0.2) is 4.39 Å². The number of nitrogens with one attached hydrogen (secondary N) is 1. The summed E-state index contributed by atoms with van der Waals surface area (Å²) in [5.41, 5.74) is 0.347. The molecule has 92 valence electrons. The van der Waals surface area contributed by atoms with Crippen molar-refractivity contribution < 1.29 is 19.0 Å². The van der Waals surface area contributed by atoms with Crippen LogP contribution in [-0.2, 0) is 16.1 Å². The van der Waals surface area contributed by atoms with Gasteiger partial charge in [-0.2, -0.15) is 0 Å². The van der Waals surface area contributed by atoms with Crippen molar-refractivity contribution >= 4 is 5.97 Å². The lowest BCUT2D eigenvalue weighted by molar-refractivity contribution is -0.147. The first-order chi connectivity index (χ1) is 8.16. The van der Waals surface area contributed by atoms with Crippen molar-refractivity contribution in [2.75, 3.05) is 6.54 Å². The molecule has 2 N–H and O–H groups in total. The molecule has 1 aliphatic heterocycles. The third-order valence-corrected chi connectivity index (χ3v) is 2.72. The topological polar surface area (TPSA) is 58.6 Å². The number of rotatable bonds is 3. The number of ether oxygens (including phenoxy) is 1. The van der Waals surface area contributed by atoms with Gasteiger partial charge in [0, 0.05) is 18.5 Å². The summed E-state index contributed by atoms with van der Waals surface area (Å²) in [5.74, 6) is -0.843. The van der Waals surface area contributed by atoms with Gasteiger partial charge in [-0.05, 0) is 6.07 Å². The Kier molecular flexibility index (Phi) is 3.71. The molecule has 0 aliphatic carbocycles. The van der Waals surface area contributed by atoms with Crippen molar-refractivity contribution in [3.05, 3.63) is 35.6 Å². The monoisotopic (exact) mass is 239 g/mol. The minimum Gasteiger partial charge on any atom is -0.460 e. The Morgan fingerprint density at radius 2 is 2.29 bits per heavy atom. The molecule has 1 saturated heterocycles. The van der Waals surface area contributed by atoms with Gasteiger partial charge in [0.1, 0.15) is 18.5 Å². The SMILES string of the molecule is O=C(OCc1ccccc1F)[C@@H]1CC(O)CN1. The number of hydrogen-bond donors (Lipinski definition) is 2. The maximum atomic E-state index is 13.2. The zero-order valence-electron chi connectivity index (χ0n) is 9.23. The van der Waals surface area contributed by atoms with Gasteiger partial charge in [0.2, 0.25) is 0 Å². The second-order valence-corrected chi connectivity index (χ2v) is 4.05. The zero-order chi connectivity index (χ0) is 12.3. The Hall–Kier alpha value is -1.46. The summed E-state index contributed by atoms with van der Waals surface area (Å²) in [7, 11) is 0. The van der Waals surface area contributed by atoms with E-state index in [1.807, 2.05) is 0 Å². The molecule has 1 aliphatic rings. The number of hydrogen-bond acceptors (Lipinski definition) is 4. The lowest BCUT2D eigenvalue weighted by Crippen LogP contribution is -2.32. The molecule has 1 unspecified atom stereocenters. The number of β-amino-alcohol motifs (C(OH)–C–C–N with tert-alkyl or cyclic N) is 1. The number of benzene rings is 1. The number of aliphatic hydroxyl groups excluding tert-OH is 1. The van der Waals surface area contributed by atoms with Gasteiger partial charge in [-0.1, -0.05) is 18.2 Å². The number of esters is 1. The van der Waals surface area contributed by atoms with Crippen LogP contribution < -0.4 is 5.32 Å². The summed E-state index contributed by atoms with van der Waals surface area (Å²) in [5, 5.41) is 12.1. The predicted molar refractivity (Wildman–Crippen MR) is 58.6 cm³/mol. The van der Waals surface area contributed by atoms with Crippen LogP contribution in [0.25, 0.3) is 0 Å². The second kappa shape index (κ2) is 5.25. The van der Waals surface area contributed by atoms with Crippen molar-refractivity contribution in [3.63, 3.8) is 0 Å². The Morgan fingerprint density at radius 3 is 2.94 bits per heavy atom. The van der Waals surface area contributed by atoms with E-state index in [-0.39, 0.29) is 12.4 Å². The van der Waals surface area contributed by atoms with Gasteiger partial charge >= 0.3 is 5.97 Å². The zero-order valence-corrected chi connectivity index (χ0v) is 9.23.